The zero-order chi connectivity index (χ0) is 10.8. The molecule has 1 aliphatic carbocycles. The molecule has 1 fully saturated rings. The molecule has 0 amide bonds. The van der Waals surface area contributed by atoms with Crippen molar-refractivity contribution in [2.45, 2.75) is 38.3 Å². The largest absolute Gasteiger partial charge is 0.302 e. The third-order valence-electron chi connectivity index (χ3n) is 3.41. The number of rotatable bonds is 6. The Kier molecular flexibility index (Phi) is 3.67. The number of aldehydes is 1. The highest BCUT2D eigenvalue weighted by Crippen LogP contribution is 2.41. The van der Waals surface area contributed by atoms with E-state index in [2.05, 4.69) is 37.7 Å². The molecule has 3 nitrogen and oxygen atoms in total. The van der Waals surface area contributed by atoms with Crippen molar-refractivity contribution in [3.8, 4) is 0 Å². The molecule has 0 aliphatic heterocycles. The molecule has 0 aromatic rings. The van der Waals surface area contributed by atoms with Crippen molar-refractivity contribution in [2.75, 3.05) is 27.2 Å². The summed E-state index contributed by atoms with van der Waals surface area (Å²) in [6.07, 6.45) is 3.46. The molecule has 1 saturated carbocycles. The highest BCUT2D eigenvalue weighted by atomic mass is 16.1. The lowest BCUT2D eigenvalue weighted by Crippen LogP contribution is -2.45. The van der Waals surface area contributed by atoms with Gasteiger partial charge in [0.1, 0.15) is 6.29 Å². The number of nitrogens with zero attached hydrogens (tertiary/aromatic N) is 2. The monoisotopic (exact) mass is 198 g/mol. The smallest absolute Gasteiger partial charge is 0.133 e. The maximum absolute atomic E-state index is 10.5. The van der Waals surface area contributed by atoms with Gasteiger partial charge in [-0.25, -0.2) is 0 Å². The van der Waals surface area contributed by atoms with Crippen LogP contribution < -0.4 is 0 Å². The molecule has 0 N–H and O–H groups in total. The first-order valence-electron chi connectivity index (χ1n) is 5.37. The Morgan fingerprint density at radius 3 is 2.29 bits per heavy atom. The summed E-state index contributed by atoms with van der Waals surface area (Å²) in [6.45, 7) is 6.05. The quantitative estimate of drug-likeness (QED) is 0.595. The van der Waals surface area contributed by atoms with Gasteiger partial charge in [-0.05, 0) is 40.8 Å². The van der Waals surface area contributed by atoms with Crippen molar-refractivity contribution >= 4 is 6.29 Å². The van der Waals surface area contributed by atoms with Crippen LogP contribution in [-0.2, 0) is 4.79 Å². The average Bonchev–Trinajstić information content (AvgIpc) is 2.86. The third kappa shape index (κ3) is 2.55. The summed E-state index contributed by atoms with van der Waals surface area (Å²) in [7, 11) is 4.20. The van der Waals surface area contributed by atoms with Gasteiger partial charge in [-0.3, -0.25) is 4.90 Å². The molecular weight excluding hydrogens is 176 g/mol. The van der Waals surface area contributed by atoms with Crippen molar-refractivity contribution in [1.29, 1.82) is 0 Å². The van der Waals surface area contributed by atoms with Crippen LogP contribution in [0.5, 0.6) is 0 Å². The van der Waals surface area contributed by atoms with Crippen LogP contribution in [0.15, 0.2) is 0 Å². The zero-order valence-electron chi connectivity index (χ0n) is 9.79. The Hall–Kier alpha value is -0.410. The van der Waals surface area contributed by atoms with Gasteiger partial charge in [0.15, 0.2) is 0 Å². The Morgan fingerprint density at radius 1 is 1.36 bits per heavy atom. The van der Waals surface area contributed by atoms with Crippen molar-refractivity contribution in [1.82, 2.24) is 9.80 Å². The fourth-order valence-corrected chi connectivity index (χ4v) is 1.76. The number of hydrogen-bond donors (Lipinski definition) is 0. The molecule has 0 bridgehead atoms. The first-order valence-corrected chi connectivity index (χ1v) is 5.37. The van der Waals surface area contributed by atoms with E-state index in [-0.39, 0.29) is 0 Å². The van der Waals surface area contributed by atoms with Gasteiger partial charge < -0.3 is 9.69 Å². The zero-order valence-corrected chi connectivity index (χ0v) is 9.79. The maximum Gasteiger partial charge on any atom is 0.133 e. The maximum atomic E-state index is 10.5. The van der Waals surface area contributed by atoms with E-state index < -0.39 is 0 Å². The molecule has 14 heavy (non-hydrogen) atoms. The molecule has 0 aromatic heterocycles. The summed E-state index contributed by atoms with van der Waals surface area (Å²) in [5.74, 6) is 0. The number of carbonyl (C=O) groups is 1. The Morgan fingerprint density at radius 2 is 1.93 bits per heavy atom. The average molecular weight is 198 g/mol. The second kappa shape index (κ2) is 4.41. The minimum atomic E-state index is 0.292. The molecule has 82 valence electrons. The fourth-order valence-electron chi connectivity index (χ4n) is 1.76. The second-order valence-corrected chi connectivity index (χ2v) is 4.78. The number of carbonyl (C=O) groups excluding carboxylic acids is 1. The van der Waals surface area contributed by atoms with Crippen LogP contribution in [0.25, 0.3) is 0 Å². The lowest BCUT2D eigenvalue weighted by Gasteiger charge is -2.32. The molecule has 0 unspecified atom stereocenters. The third-order valence-corrected chi connectivity index (χ3v) is 3.41. The second-order valence-electron chi connectivity index (χ2n) is 4.78. The van der Waals surface area contributed by atoms with Crippen LogP contribution in [0.3, 0.4) is 0 Å². The predicted molar refractivity (Wildman–Crippen MR) is 58.4 cm³/mol. The van der Waals surface area contributed by atoms with Crippen LogP contribution in [0.4, 0.5) is 0 Å². The summed E-state index contributed by atoms with van der Waals surface area (Å²) in [5.41, 5.74) is 0.292. The van der Waals surface area contributed by atoms with Gasteiger partial charge in [-0.1, -0.05) is 0 Å². The van der Waals surface area contributed by atoms with E-state index >= 15 is 0 Å². The van der Waals surface area contributed by atoms with Crippen molar-refractivity contribution < 1.29 is 4.79 Å². The predicted octanol–water partition coefficient (Wildman–Crippen LogP) is 0.990. The molecule has 0 spiro atoms. The summed E-state index contributed by atoms with van der Waals surface area (Å²) < 4.78 is 0. The van der Waals surface area contributed by atoms with E-state index in [1.807, 2.05) is 0 Å². The van der Waals surface area contributed by atoms with Crippen LogP contribution in [0.2, 0.25) is 0 Å². The van der Waals surface area contributed by atoms with Gasteiger partial charge in [-0.2, -0.15) is 0 Å². The van der Waals surface area contributed by atoms with E-state index in [1.54, 1.807) is 0 Å². The first-order chi connectivity index (χ1) is 6.52. The van der Waals surface area contributed by atoms with E-state index in [1.165, 1.54) is 12.8 Å². The highest BCUT2D eigenvalue weighted by molar-refractivity contribution is 5.52. The molecular formula is C11H22N2O. The first kappa shape index (κ1) is 11.7. The van der Waals surface area contributed by atoms with Gasteiger partial charge in [0.2, 0.25) is 0 Å². The lowest BCUT2D eigenvalue weighted by atomic mass is 10.2. The molecule has 1 aliphatic rings. The lowest BCUT2D eigenvalue weighted by molar-refractivity contribution is -0.109. The van der Waals surface area contributed by atoms with E-state index in [0.29, 0.717) is 18.1 Å². The molecule has 0 heterocycles. The highest BCUT2D eigenvalue weighted by Gasteiger charge is 2.46. The number of likely N-dealkylation sites (N-methyl/N-ethyl adjacent to an activating group) is 2. The van der Waals surface area contributed by atoms with Crippen LogP contribution in [0.1, 0.15) is 26.7 Å². The minimum Gasteiger partial charge on any atom is -0.302 e. The van der Waals surface area contributed by atoms with Crippen molar-refractivity contribution in [3.63, 3.8) is 0 Å². The Labute approximate surface area is 87.1 Å². The number of hydrogen-bond acceptors (Lipinski definition) is 3. The fraction of sp³-hybridized carbons (Fsp3) is 0.909. The van der Waals surface area contributed by atoms with Gasteiger partial charge in [-0.15, -0.1) is 0 Å². The molecule has 3 heteroatoms. The Bertz CT molecular complexity index is 199. The van der Waals surface area contributed by atoms with Crippen molar-refractivity contribution in [3.05, 3.63) is 0 Å². The topological polar surface area (TPSA) is 23.6 Å². The van der Waals surface area contributed by atoms with E-state index in [4.69, 9.17) is 0 Å². The standard InChI is InChI=1S/C11H22N2O/c1-10(2)12(3)9-11(5-6-11)13(4)7-8-14/h8,10H,5-7,9H2,1-4H3. The van der Waals surface area contributed by atoms with Crippen molar-refractivity contribution in [2.24, 2.45) is 0 Å². The molecule has 0 saturated heterocycles. The molecule has 0 aromatic carbocycles. The van der Waals surface area contributed by atoms with Crippen LogP contribution in [-0.4, -0.2) is 54.9 Å². The SMILES string of the molecule is CC(C)N(C)CC1(N(C)CC=O)CC1. The Balaban J connectivity index is 2.45. The normalized spacial score (nSPS) is 19.4. The van der Waals surface area contributed by atoms with Gasteiger partial charge in [0.25, 0.3) is 0 Å². The van der Waals surface area contributed by atoms with E-state index in [9.17, 15) is 4.79 Å². The van der Waals surface area contributed by atoms with Gasteiger partial charge in [0.05, 0.1) is 6.54 Å². The molecule has 0 atom stereocenters. The summed E-state index contributed by atoms with van der Waals surface area (Å²) >= 11 is 0. The molecule has 0 radical (unpaired) electrons. The molecule has 1 rings (SSSR count). The van der Waals surface area contributed by atoms with Gasteiger partial charge >= 0.3 is 0 Å². The van der Waals surface area contributed by atoms with Gasteiger partial charge in [0, 0.05) is 18.1 Å². The summed E-state index contributed by atoms with van der Waals surface area (Å²) in [6, 6.07) is 0.581. The van der Waals surface area contributed by atoms with E-state index in [0.717, 1.165) is 12.8 Å². The minimum absolute atomic E-state index is 0.292. The summed E-state index contributed by atoms with van der Waals surface area (Å²) in [4.78, 5) is 15.0. The summed E-state index contributed by atoms with van der Waals surface area (Å²) in [5, 5.41) is 0. The van der Waals surface area contributed by atoms with Crippen LogP contribution in [0, 0.1) is 0 Å². The van der Waals surface area contributed by atoms with Crippen LogP contribution >= 0.6 is 0 Å².